The molecule has 0 atom stereocenters. The van der Waals surface area contributed by atoms with Crippen molar-refractivity contribution >= 4 is 46.6 Å². The van der Waals surface area contributed by atoms with Crippen molar-refractivity contribution < 1.29 is 22.4 Å². The maximum absolute atomic E-state index is 12.9. The van der Waals surface area contributed by atoms with Crippen LogP contribution in [0.1, 0.15) is 42.3 Å². The largest absolute Gasteiger partial charge is 0.420 e. The Labute approximate surface area is 237 Å². The highest BCUT2D eigenvalue weighted by atomic mass is 35.5. The maximum Gasteiger partial charge on any atom is 0.416 e. The van der Waals surface area contributed by atoms with E-state index in [1.807, 2.05) is 24.3 Å². The lowest BCUT2D eigenvalue weighted by Crippen LogP contribution is -2.16. The lowest BCUT2D eigenvalue weighted by molar-refractivity contribution is -0.137. The molecule has 0 aliphatic heterocycles. The number of benzene rings is 3. The van der Waals surface area contributed by atoms with Crippen LogP contribution in [-0.2, 0) is 22.8 Å². The zero-order chi connectivity index (χ0) is 27.8. The van der Waals surface area contributed by atoms with Gasteiger partial charge in [-0.25, -0.2) is 0 Å². The average molecular weight is 592 g/mol. The molecule has 5 rings (SSSR count). The van der Waals surface area contributed by atoms with Gasteiger partial charge in [0.2, 0.25) is 17.7 Å². The van der Waals surface area contributed by atoms with Crippen molar-refractivity contribution in [2.75, 3.05) is 11.1 Å². The summed E-state index contributed by atoms with van der Waals surface area (Å²) in [5.74, 6) is 1.15. The van der Waals surface area contributed by atoms with Gasteiger partial charge in [-0.2, -0.15) is 13.2 Å². The molecule has 3 aromatic carbocycles. The van der Waals surface area contributed by atoms with Crippen molar-refractivity contribution in [2.24, 2.45) is 0 Å². The Balaban J connectivity index is 1.32. The third-order valence-electron chi connectivity index (χ3n) is 6.45. The fourth-order valence-corrected chi connectivity index (χ4v) is 5.90. The minimum Gasteiger partial charge on any atom is -0.420 e. The van der Waals surface area contributed by atoms with Crippen molar-refractivity contribution in [2.45, 2.75) is 42.7 Å². The van der Waals surface area contributed by atoms with Gasteiger partial charge in [-0.1, -0.05) is 42.3 Å². The minimum atomic E-state index is -4.44. The van der Waals surface area contributed by atoms with E-state index in [1.54, 1.807) is 23.9 Å². The van der Waals surface area contributed by atoms with E-state index in [0.717, 1.165) is 28.3 Å². The van der Waals surface area contributed by atoms with Crippen LogP contribution in [-0.4, -0.2) is 21.9 Å². The summed E-state index contributed by atoms with van der Waals surface area (Å²) < 4.78 is 44.5. The number of aromatic nitrogens is 2. The zero-order valence-corrected chi connectivity index (χ0v) is 22.9. The number of anilines is 1. The van der Waals surface area contributed by atoms with Gasteiger partial charge in [0.15, 0.2) is 0 Å². The van der Waals surface area contributed by atoms with Gasteiger partial charge in [0.25, 0.3) is 0 Å². The molecular weight excluding hydrogens is 570 g/mol. The van der Waals surface area contributed by atoms with E-state index in [0.29, 0.717) is 39.7 Å². The molecule has 0 saturated heterocycles. The highest BCUT2D eigenvalue weighted by Crippen LogP contribution is 2.57. The van der Waals surface area contributed by atoms with Crippen LogP contribution in [0.25, 0.3) is 11.5 Å². The number of rotatable bonds is 8. The average Bonchev–Trinajstić information content (AvgIpc) is 3.50. The first-order valence-electron chi connectivity index (χ1n) is 12.1. The van der Waals surface area contributed by atoms with Gasteiger partial charge in [-0.05, 0) is 72.7 Å². The molecule has 1 aromatic heterocycles. The summed E-state index contributed by atoms with van der Waals surface area (Å²) in [6, 6.07) is 15.6. The number of halogens is 5. The molecule has 1 N–H and O–H groups in total. The smallest absolute Gasteiger partial charge is 0.416 e. The molecule has 1 saturated carbocycles. The molecule has 1 heterocycles. The summed E-state index contributed by atoms with van der Waals surface area (Å²) in [5.41, 5.74) is 0.857. The van der Waals surface area contributed by atoms with Crippen LogP contribution in [0.15, 0.2) is 70.0 Å². The van der Waals surface area contributed by atoms with Crippen LogP contribution in [0.5, 0.6) is 0 Å². The van der Waals surface area contributed by atoms with E-state index in [2.05, 4.69) is 22.4 Å². The van der Waals surface area contributed by atoms with Crippen LogP contribution >= 0.6 is 35.0 Å². The lowest BCUT2D eigenvalue weighted by atomic mass is 9.95. The number of hydrogen-bond donors (Lipinski definition) is 1. The molecule has 1 aliphatic carbocycles. The van der Waals surface area contributed by atoms with Gasteiger partial charge < -0.3 is 9.73 Å². The van der Waals surface area contributed by atoms with E-state index < -0.39 is 17.2 Å². The summed E-state index contributed by atoms with van der Waals surface area (Å²) >= 11 is 15.0. The first-order chi connectivity index (χ1) is 18.6. The molecule has 0 spiro atoms. The Morgan fingerprint density at radius 2 is 1.67 bits per heavy atom. The topological polar surface area (TPSA) is 68.0 Å². The second-order valence-electron chi connectivity index (χ2n) is 9.19. The summed E-state index contributed by atoms with van der Waals surface area (Å²) in [5, 5.41) is 11.7. The van der Waals surface area contributed by atoms with E-state index in [-0.39, 0.29) is 24.1 Å². The SMILES string of the molecule is CCSc1ccc(CC(=O)Nc2cc(Cl)c(C3(c4nnc(-c5ccc(C(F)(F)F)cc5)o4)CC3)c(Cl)c2)cc1. The predicted octanol–water partition coefficient (Wildman–Crippen LogP) is 8.44. The van der Waals surface area contributed by atoms with Gasteiger partial charge in [0.1, 0.15) is 0 Å². The third-order valence-corrected chi connectivity index (χ3v) is 7.94. The fourth-order valence-electron chi connectivity index (χ4n) is 4.39. The number of amides is 1. The molecule has 0 bridgehead atoms. The van der Waals surface area contributed by atoms with Gasteiger partial charge in [-0.3, -0.25) is 4.79 Å². The van der Waals surface area contributed by atoms with E-state index in [9.17, 15) is 18.0 Å². The molecule has 39 heavy (non-hydrogen) atoms. The molecule has 0 radical (unpaired) electrons. The number of hydrogen-bond acceptors (Lipinski definition) is 5. The minimum absolute atomic E-state index is 0.0995. The van der Waals surface area contributed by atoms with Crippen molar-refractivity contribution in [3.05, 3.63) is 93.3 Å². The first-order valence-corrected chi connectivity index (χ1v) is 13.9. The number of carbonyl (C=O) groups excluding carboxylic acids is 1. The lowest BCUT2D eigenvalue weighted by Gasteiger charge is -2.17. The highest BCUT2D eigenvalue weighted by Gasteiger charge is 2.53. The number of nitrogens with one attached hydrogen (secondary N) is 1. The molecule has 5 nitrogen and oxygen atoms in total. The Morgan fingerprint density at radius 3 is 2.23 bits per heavy atom. The Morgan fingerprint density at radius 1 is 1.03 bits per heavy atom. The van der Waals surface area contributed by atoms with Crippen LogP contribution in [0.2, 0.25) is 10.0 Å². The van der Waals surface area contributed by atoms with Crippen LogP contribution in [0, 0.1) is 0 Å². The van der Waals surface area contributed by atoms with Crippen LogP contribution < -0.4 is 5.32 Å². The summed E-state index contributed by atoms with van der Waals surface area (Å²) in [6.45, 7) is 2.08. The van der Waals surface area contributed by atoms with E-state index in [1.165, 1.54) is 12.1 Å². The Kier molecular flexibility index (Phi) is 7.68. The normalized spacial score (nSPS) is 14.3. The summed E-state index contributed by atoms with van der Waals surface area (Å²) in [7, 11) is 0. The van der Waals surface area contributed by atoms with Crippen molar-refractivity contribution in [1.82, 2.24) is 10.2 Å². The number of carbonyl (C=O) groups is 1. The highest BCUT2D eigenvalue weighted by molar-refractivity contribution is 7.99. The van der Waals surface area contributed by atoms with E-state index in [4.69, 9.17) is 27.6 Å². The standard InChI is InChI=1S/C28H22Cl2F3N3O2S/c1-2-39-20-9-3-16(4-10-20)13-23(37)34-19-14-21(29)24(22(30)15-19)27(11-12-27)26-36-35-25(38-26)17-5-7-18(8-6-17)28(31,32)33/h3-10,14-15H,2,11-13H2,1H3,(H,34,37). The van der Waals surface area contributed by atoms with E-state index >= 15 is 0 Å². The summed E-state index contributed by atoms with van der Waals surface area (Å²) in [6.07, 6.45) is -2.93. The van der Waals surface area contributed by atoms with Crippen molar-refractivity contribution in [3.8, 4) is 11.5 Å². The molecule has 11 heteroatoms. The zero-order valence-electron chi connectivity index (χ0n) is 20.6. The molecular formula is C28H22Cl2F3N3O2S. The van der Waals surface area contributed by atoms with Crippen molar-refractivity contribution in [1.29, 1.82) is 0 Å². The second kappa shape index (κ2) is 10.9. The van der Waals surface area contributed by atoms with Gasteiger partial charge in [0.05, 0.1) is 17.4 Å². The molecule has 1 aliphatic rings. The quantitative estimate of drug-likeness (QED) is 0.208. The number of alkyl halides is 3. The van der Waals surface area contributed by atoms with Gasteiger partial charge >= 0.3 is 6.18 Å². The van der Waals surface area contributed by atoms with Gasteiger partial charge in [-0.15, -0.1) is 22.0 Å². The van der Waals surface area contributed by atoms with Crippen LogP contribution in [0.4, 0.5) is 18.9 Å². The van der Waals surface area contributed by atoms with Crippen LogP contribution in [0.3, 0.4) is 0 Å². The third kappa shape index (κ3) is 5.95. The monoisotopic (exact) mass is 591 g/mol. The Hall–Kier alpha value is -3.01. The fraction of sp³-hybridized carbons (Fsp3) is 0.250. The summed E-state index contributed by atoms with van der Waals surface area (Å²) in [4.78, 5) is 13.8. The van der Waals surface area contributed by atoms with Crippen molar-refractivity contribution in [3.63, 3.8) is 0 Å². The first kappa shape index (κ1) is 27.6. The van der Waals surface area contributed by atoms with Gasteiger partial charge in [0, 0.05) is 31.8 Å². The molecule has 1 fully saturated rings. The Bertz CT molecular complexity index is 1480. The molecule has 0 unspecified atom stereocenters. The predicted molar refractivity (Wildman–Crippen MR) is 146 cm³/mol. The maximum atomic E-state index is 12.9. The second-order valence-corrected chi connectivity index (χ2v) is 11.3. The molecule has 1 amide bonds. The number of nitrogens with zero attached hydrogens (tertiary/aromatic N) is 2. The molecule has 202 valence electrons. The number of thioether (sulfide) groups is 1. The molecule has 4 aromatic rings.